The van der Waals surface area contributed by atoms with Gasteiger partial charge in [-0.05, 0) is 40.2 Å². The number of pyridine rings is 1. The number of rotatable bonds is 3. The fourth-order valence-electron chi connectivity index (χ4n) is 1.55. The molecule has 2 rings (SSSR count). The molecule has 0 aliphatic heterocycles. The van der Waals surface area contributed by atoms with Crippen LogP contribution in [0.3, 0.4) is 0 Å². The van der Waals surface area contributed by atoms with Gasteiger partial charge in [0.25, 0.3) is 10.0 Å². The molecule has 1 heterocycles. The molecule has 0 saturated carbocycles. The predicted molar refractivity (Wildman–Crippen MR) is 78.4 cm³/mol. The molecule has 0 spiro atoms. The van der Waals surface area contributed by atoms with Crippen LogP contribution in [0.1, 0.15) is 0 Å². The van der Waals surface area contributed by atoms with E-state index in [2.05, 4.69) is 20.9 Å². The molecule has 0 atom stereocenters. The Balaban J connectivity index is 2.45. The maximum Gasteiger partial charge on any atom is 0.265 e. The van der Waals surface area contributed by atoms with Crippen molar-refractivity contribution in [2.75, 3.05) is 17.1 Å². The van der Waals surface area contributed by atoms with Crippen LogP contribution in [-0.4, -0.2) is 20.4 Å². The smallest absolute Gasteiger partial charge is 0.265 e. The number of aromatic nitrogens is 1. The fraction of sp³-hybridized carbons (Fsp3) is 0.0833. The molecule has 0 amide bonds. The second-order valence-corrected chi connectivity index (χ2v) is 6.79. The summed E-state index contributed by atoms with van der Waals surface area (Å²) in [5.41, 5.74) is 6.67. The molecule has 0 radical (unpaired) electrons. The zero-order chi connectivity index (χ0) is 14.0. The Labute approximate surface area is 120 Å². The van der Waals surface area contributed by atoms with Crippen LogP contribution in [0.2, 0.25) is 0 Å². The first-order valence-corrected chi connectivity index (χ1v) is 7.59. The molecule has 2 N–H and O–H groups in total. The Hall–Kier alpha value is -1.60. The minimum Gasteiger partial charge on any atom is -0.399 e. The van der Waals surface area contributed by atoms with Gasteiger partial charge in [0.2, 0.25) is 0 Å². The van der Waals surface area contributed by atoms with Crippen LogP contribution in [0, 0.1) is 0 Å². The van der Waals surface area contributed by atoms with E-state index in [1.807, 2.05) is 0 Å². The summed E-state index contributed by atoms with van der Waals surface area (Å²) in [6, 6.07) is 8.19. The Morgan fingerprint density at radius 1 is 1.26 bits per heavy atom. The summed E-state index contributed by atoms with van der Waals surface area (Å²) >= 11 is 3.21. The van der Waals surface area contributed by atoms with E-state index in [0.29, 0.717) is 15.8 Å². The van der Waals surface area contributed by atoms with E-state index in [1.165, 1.54) is 29.8 Å². The third-order valence-electron chi connectivity index (χ3n) is 2.57. The first-order valence-electron chi connectivity index (χ1n) is 5.36. The van der Waals surface area contributed by atoms with Gasteiger partial charge in [-0.1, -0.05) is 6.07 Å². The summed E-state index contributed by atoms with van der Waals surface area (Å²) in [5.74, 6) is 0. The number of halogens is 1. The van der Waals surface area contributed by atoms with Crippen LogP contribution >= 0.6 is 15.9 Å². The third-order valence-corrected chi connectivity index (χ3v) is 4.76. The Morgan fingerprint density at radius 2 is 2.00 bits per heavy atom. The maximum absolute atomic E-state index is 12.4. The molecule has 2 aromatic rings. The number of nitrogen functional groups attached to an aromatic ring is 1. The third kappa shape index (κ3) is 2.87. The van der Waals surface area contributed by atoms with Crippen LogP contribution < -0.4 is 10.0 Å². The average Bonchev–Trinajstić information content (AvgIpc) is 2.38. The van der Waals surface area contributed by atoms with Gasteiger partial charge in [-0.3, -0.25) is 9.29 Å². The highest BCUT2D eigenvalue weighted by molar-refractivity contribution is 9.10. The van der Waals surface area contributed by atoms with Crippen molar-refractivity contribution in [3.05, 3.63) is 47.2 Å². The number of sulfonamides is 1. The first-order chi connectivity index (χ1) is 8.91. The zero-order valence-corrected chi connectivity index (χ0v) is 12.5. The standard InChI is InChI=1S/C12H12BrN3O2S/c1-16(11-4-2-3-10(14)6-11)19(17,18)12-5-9(13)7-15-8-12/h2-8H,14H2,1H3. The molecule has 19 heavy (non-hydrogen) atoms. The number of nitrogens with two attached hydrogens (primary N) is 1. The largest absolute Gasteiger partial charge is 0.399 e. The molecule has 1 aromatic carbocycles. The van der Waals surface area contributed by atoms with Crippen molar-refractivity contribution in [2.24, 2.45) is 0 Å². The van der Waals surface area contributed by atoms with Crippen molar-refractivity contribution in [3.8, 4) is 0 Å². The number of benzene rings is 1. The van der Waals surface area contributed by atoms with Gasteiger partial charge in [0.15, 0.2) is 0 Å². The molecular formula is C12H12BrN3O2S. The van der Waals surface area contributed by atoms with Gasteiger partial charge in [-0.25, -0.2) is 8.42 Å². The highest BCUT2D eigenvalue weighted by Crippen LogP contribution is 2.24. The Bertz CT molecular complexity index is 704. The molecule has 7 heteroatoms. The Morgan fingerprint density at radius 3 is 2.63 bits per heavy atom. The van der Waals surface area contributed by atoms with Crippen molar-refractivity contribution in [3.63, 3.8) is 0 Å². The lowest BCUT2D eigenvalue weighted by atomic mass is 10.3. The SMILES string of the molecule is CN(c1cccc(N)c1)S(=O)(=O)c1cncc(Br)c1. The topological polar surface area (TPSA) is 76.3 Å². The highest BCUT2D eigenvalue weighted by Gasteiger charge is 2.21. The van der Waals surface area contributed by atoms with Crippen molar-refractivity contribution in [1.29, 1.82) is 0 Å². The zero-order valence-electron chi connectivity index (χ0n) is 10.1. The van der Waals surface area contributed by atoms with E-state index in [-0.39, 0.29) is 4.90 Å². The number of hydrogen-bond acceptors (Lipinski definition) is 4. The van der Waals surface area contributed by atoms with Crippen molar-refractivity contribution >= 4 is 37.3 Å². The molecule has 100 valence electrons. The molecule has 0 bridgehead atoms. The second-order valence-electron chi connectivity index (χ2n) is 3.91. The van der Waals surface area contributed by atoms with Crippen molar-refractivity contribution in [2.45, 2.75) is 4.90 Å². The van der Waals surface area contributed by atoms with Gasteiger partial charge in [-0.15, -0.1) is 0 Å². The molecule has 0 aliphatic rings. The summed E-state index contributed by atoms with van der Waals surface area (Å²) in [6.45, 7) is 0. The predicted octanol–water partition coefficient (Wildman–Crippen LogP) is 2.25. The molecule has 0 fully saturated rings. The van der Waals surface area contributed by atoms with E-state index in [4.69, 9.17) is 5.73 Å². The lowest BCUT2D eigenvalue weighted by molar-refractivity contribution is 0.594. The summed E-state index contributed by atoms with van der Waals surface area (Å²) in [7, 11) is -2.17. The maximum atomic E-state index is 12.4. The summed E-state index contributed by atoms with van der Waals surface area (Å²) < 4.78 is 26.6. The Kier molecular flexibility index (Phi) is 3.77. The average molecular weight is 342 g/mol. The van der Waals surface area contributed by atoms with Crippen LogP contribution in [0.25, 0.3) is 0 Å². The molecule has 5 nitrogen and oxygen atoms in total. The number of nitrogens with zero attached hydrogens (tertiary/aromatic N) is 2. The van der Waals surface area contributed by atoms with Crippen molar-refractivity contribution in [1.82, 2.24) is 4.98 Å². The van der Waals surface area contributed by atoms with Gasteiger partial charge in [-0.2, -0.15) is 0 Å². The first kappa shape index (κ1) is 13.8. The van der Waals surface area contributed by atoms with E-state index in [9.17, 15) is 8.42 Å². The lowest BCUT2D eigenvalue weighted by Gasteiger charge is -2.19. The molecule has 0 saturated heterocycles. The molecular weight excluding hydrogens is 330 g/mol. The second kappa shape index (κ2) is 5.18. The number of hydrogen-bond donors (Lipinski definition) is 1. The van der Waals surface area contributed by atoms with Crippen LogP contribution in [0.4, 0.5) is 11.4 Å². The minimum atomic E-state index is -3.65. The van der Waals surface area contributed by atoms with Crippen LogP contribution in [0.5, 0.6) is 0 Å². The van der Waals surface area contributed by atoms with Crippen molar-refractivity contribution < 1.29 is 8.42 Å². The minimum absolute atomic E-state index is 0.117. The monoisotopic (exact) mass is 341 g/mol. The summed E-state index contributed by atoms with van der Waals surface area (Å²) in [4.78, 5) is 3.98. The quantitative estimate of drug-likeness (QED) is 0.868. The van der Waals surface area contributed by atoms with E-state index >= 15 is 0 Å². The van der Waals surface area contributed by atoms with E-state index in [0.717, 1.165) is 0 Å². The van der Waals surface area contributed by atoms with E-state index < -0.39 is 10.0 Å². The number of anilines is 2. The lowest BCUT2D eigenvalue weighted by Crippen LogP contribution is -2.26. The van der Waals surface area contributed by atoms with Gasteiger partial charge < -0.3 is 5.73 Å². The van der Waals surface area contributed by atoms with Gasteiger partial charge in [0.05, 0.1) is 5.69 Å². The van der Waals surface area contributed by atoms with Gasteiger partial charge in [0.1, 0.15) is 4.90 Å². The van der Waals surface area contributed by atoms with Crippen LogP contribution in [0.15, 0.2) is 52.1 Å². The fourth-order valence-corrected chi connectivity index (χ4v) is 3.24. The normalized spacial score (nSPS) is 11.3. The summed E-state index contributed by atoms with van der Waals surface area (Å²) in [6.07, 6.45) is 2.84. The highest BCUT2D eigenvalue weighted by atomic mass is 79.9. The van der Waals surface area contributed by atoms with E-state index in [1.54, 1.807) is 24.3 Å². The molecule has 0 unspecified atom stereocenters. The van der Waals surface area contributed by atoms with Gasteiger partial charge >= 0.3 is 0 Å². The van der Waals surface area contributed by atoms with Gasteiger partial charge in [0, 0.05) is 29.6 Å². The van der Waals surface area contributed by atoms with Crippen LogP contribution in [-0.2, 0) is 10.0 Å². The molecule has 0 aliphatic carbocycles. The summed E-state index contributed by atoms with van der Waals surface area (Å²) in [5, 5.41) is 0. The molecule has 1 aromatic heterocycles.